The SMILES string of the molecule is CCCCC(CC)C(=O)OCCOCCOCCOCCOCCOCCOCCOCCOCCOCCOc1ccc(N)cc1. The lowest BCUT2D eigenvalue weighted by molar-refractivity contribution is -0.150. The van der Waals surface area contributed by atoms with E-state index in [4.69, 9.17) is 57.8 Å². The highest BCUT2D eigenvalue weighted by molar-refractivity contribution is 5.72. The van der Waals surface area contributed by atoms with Crippen molar-refractivity contribution < 1.29 is 56.9 Å². The highest BCUT2D eigenvalue weighted by atomic mass is 16.6. The molecule has 0 aliphatic carbocycles. The van der Waals surface area contributed by atoms with E-state index < -0.39 is 0 Å². The first kappa shape index (κ1) is 43.0. The number of hydrogen-bond donors (Lipinski definition) is 1. The maximum absolute atomic E-state index is 12.0. The van der Waals surface area contributed by atoms with E-state index in [1.54, 1.807) is 12.1 Å². The molecule has 0 spiro atoms. The number of nitrogen functional groups attached to an aromatic ring is 1. The van der Waals surface area contributed by atoms with Crippen molar-refractivity contribution in [3.05, 3.63) is 24.3 Å². The molecule has 0 radical (unpaired) electrons. The van der Waals surface area contributed by atoms with Gasteiger partial charge < -0.3 is 57.8 Å². The maximum Gasteiger partial charge on any atom is 0.308 e. The lowest BCUT2D eigenvalue weighted by atomic mass is 10.00. The summed E-state index contributed by atoms with van der Waals surface area (Å²) >= 11 is 0. The molecule has 1 atom stereocenters. The summed E-state index contributed by atoms with van der Waals surface area (Å²) in [5, 5.41) is 0. The van der Waals surface area contributed by atoms with Gasteiger partial charge in [0, 0.05) is 5.69 Å². The topological polar surface area (TPSA) is 145 Å². The van der Waals surface area contributed by atoms with Gasteiger partial charge >= 0.3 is 5.97 Å². The Balaban J connectivity index is 1.67. The van der Waals surface area contributed by atoms with Crippen LogP contribution in [0.25, 0.3) is 0 Å². The van der Waals surface area contributed by atoms with E-state index in [0.717, 1.165) is 31.4 Å². The Bertz CT molecular complexity index is 802. The first-order valence-corrected chi connectivity index (χ1v) is 17.0. The van der Waals surface area contributed by atoms with Crippen molar-refractivity contribution in [2.24, 2.45) is 5.92 Å². The minimum atomic E-state index is -0.121. The van der Waals surface area contributed by atoms with E-state index in [1.807, 2.05) is 19.1 Å². The van der Waals surface area contributed by atoms with E-state index >= 15 is 0 Å². The minimum absolute atomic E-state index is 0.00421. The molecule has 0 bridgehead atoms. The highest BCUT2D eigenvalue weighted by Crippen LogP contribution is 2.14. The number of hydrogen-bond acceptors (Lipinski definition) is 13. The number of nitrogens with two attached hydrogens (primary N) is 1. The van der Waals surface area contributed by atoms with Crippen molar-refractivity contribution >= 4 is 11.7 Å². The lowest BCUT2D eigenvalue weighted by Gasteiger charge is -2.13. The summed E-state index contributed by atoms with van der Waals surface area (Å²) in [7, 11) is 0. The monoisotopic (exact) mass is 675 g/mol. The molecule has 0 aliphatic heterocycles. The lowest BCUT2D eigenvalue weighted by Crippen LogP contribution is -2.20. The van der Waals surface area contributed by atoms with E-state index in [1.165, 1.54) is 0 Å². The number of benzene rings is 1. The standard InChI is InChI=1S/C34H61NO12/c1-3-5-6-31(4-2)34(36)47-30-28-45-26-24-43-22-20-41-18-16-39-14-12-37-11-13-38-15-17-40-19-21-42-23-25-44-27-29-46-33-9-7-32(35)8-10-33/h7-10,31H,3-6,11-30,35H2,1-2H3. The molecule has 1 unspecified atom stereocenters. The predicted octanol–water partition coefficient (Wildman–Crippen LogP) is 3.56. The molecular formula is C34H61NO12. The van der Waals surface area contributed by atoms with Crippen molar-refractivity contribution in [1.82, 2.24) is 0 Å². The third-order valence-corrected chi connectivity index (χ3v) is 6.56. The van der Waals surface area contributed by atoms with Gasteiger partial charge in [0.25, 0.3) is 0 Å². The number of carbonyl (C=O) groups is 1. The fourth-order valence-corrected chi connectivity index (χ4v) is 3.90. The van der Waals surface area contributed by atoms with Crippen LogP contribution < -0.4 is 10.5 Å². The van der Waals surface area contributed by atoms with Crippen LogP contribution in [0.15, 0.2) is 24.3 Å². The van der Waals surface area contributed by atoms with Gasteiger partial charge in [-0.3, -0.25) is 4.79 Å². The van der Waals surface area contributed by atoms with Gasteiger partial charge in [0.1, 0.15) is 19.0 Å². The highest BCUT2D eigenvalue weighted by Gasteiger charge is 2.16. The summed E-state index contributed by atoms with van der Waals surface area (Å²) in [5.74, 6) is 0.645. The fraction of sp³-hybridized carbons (Fsp3) is 0.794. The number of rotatable bonds is 36. The molecule has 0 amide bonds. The molecular weight excluding hydrogens is 614 g/mol. The number of esters is 1. The van der Waals surface area contributed by atoms with Crippen LogP contribution in [0.4, 0.5) is 5.69 Å². The molecule has 1 aromatic carbocycles. The first-order chi connectivity index (χ1) is 23.2. The molecule has 0 saturated carbocycles. The van der Waals surface area contributed by atoms with Gasteiger partial charge in [0.05, 0.1) is 125 Å². The van der Waals surface area contributed by atoms with E-state index in [2.05, 4.69) is 6.92 Å². The fourth-order valence-electron chi connectivity index (χ4n) is 3.90. The summed E-state index contributed by atoms with van der Waals surface area (Å²) in [6, 6.07) is 7.26. The third-order valence-electron chi connectivity index (χ3n) is 6.56. The summed E-state index contributed by atoms with van der Waals surface area (Å²) in [6.45, 7) is 13.6. The molecule has 13 nitrogen and oxygen atoms in total. The van der Waals surface area contributed by atoms with Crippen molar-refractivity contribution in [2.75, 3.05) is 138 Å². The molecule has 1 rings (SSSR count). The Hall–Kier alpha value is -2.07. The number of unbranched alkanes of at least 4 members (excludes halogenated alkanes) is 1. The second-order valence-electron chi connectivity index (χ2n) is 10.3. The molecule has 0 heterocycles. The second-order valence-corrected chi connectivity index (χ2v) is 10.3. The van der Waals surface area contributed by atoms with Crippen LogP contribution in [0.5, 0.6) is 5.75 Å². The average molecular weight is 676 g/mol. The van der Waals surface area contributed by atoms with Crippen LogP contribution in [0.2, 0.25) is 0 Å². The van der Waals surface area contributed by atoms with Crippen molar-refractivity contribution in [3.63, 3.8) is 0 Å². The average Bonchev–Trinajstić information content (AvgIpc) is 3.08. The molecule has 0 fully saturated rings. The molecule has 1 aromatic rings. The van der Waals surface area contributed by atoms with Crippen LogP contribution in [-0.4, -0.2) is 138 Å². The van der Waals surface area contributed by atoms with Gasteiger partial charge in [0.15, 0.2) is 0 Å². The van der Waals surface area contributed by atoms with Gasteiger partial charge in [-0.25, -0.2) is 0 Å². The molecule has 2 N–H and O–H groups in total. The van der Waals surface area contributed by atoms with Gasteiger partial charge in [-0.05, 0) is 37.1 Å². The molecule has 0 aliphatic rings. The van der Waals surface area contributed by atoms with Crippen LogP contribution in [0.1, 0.15) is 39.5 Å². The summed E-state index contributed by atoms with van der Waals surface area (Å²) < 4.78 is 60.1. The van der Waals surface area contributed by atoms with Crippen molar-refractivity contribution in [1.29, 1.82) is 0 Å². The summed E-state index contributed by atoms with van der Waals surface area (Å²) in [4.78, 5) is 12.0. The molecule has 274 valence electrons. The Morgan fingerprint density at radius 1 is 0.532 bits per heavy atom. The van der Waals surface area contributed by atoms with Crippen molar-refractivity contribution in [2.45, 2.75) is 39.5 Å². The third kappa shape index (κ3) is 28.6. The van der Waals surface area contributed by atoms with Crippen molar-refractivity contribution in [3.8, 4) is 5.75 Å². The zero-order valence-corrected chi connectivity index (χ0v) is 28.8. The Morgan fingerprint density at radius 2 is 0.872 bits per heavy atom. The Labute approximate surface area is 281 Å². The van der Waals surface area contributed by atoms with Crippen LogP contribution in [0.3, 0.4) is 0 Å². The van der Waals surface area contributed by atoms with Gasteiger partial charge in [-0.1, -0.05) is 26.7 Å². The summed E-state index contributed by atoms with van der Waals surface area (Å²) in [6.07, 6.45) is 3.83. The van der Waals surface area contributed by atoms with Crippen LogP contribution >= 0.6 is 0 Å². The minimum Gasteiger partial charge on any atom is -0.491 e. The van der Waals surface area contributed by atoms with Crippen LogP contribution in [-0.2, 0) is 52.2 Å². The normalized spacial score (nSPS) is 12.0. The molecule has 0 saturated heterocycles. The largest absolute Gasteiger partial charge is 0.491 e. The summed E-state index contributed by atoms with van der Waals surface area (Å²) in [5.41, 5.74) is 6.35. The quantitative estimate of drug-likeness (QED) is 0.0629. The zero-order chi connectivity index (χ0) is 33.9. The van der Waals surface area contributed by atoms with Gasteiger partial charge in [-0.15, -0.1) is 0 Å². The second kappa shape index (κ2) is 33.8. The Kier molecular flexibility index (Phi) is 30.9. The van der Waals surface area contributed by atoms with Gasteiger partial charge in [-0.2, -0.15) is 0 Å². The van der Waals surface area contributed by atoms with E-state index in [9.17, 15) is 4.79 Å². The Morgan fingerprint density at radius 3 is 1.21 bits per heavy atom. The molecule has 13 heteroatoms. The predicted molar refractivity (Wildman–Crippen MR) is 178 cm³/mol. The number of carbonyl (C=O) groups excluding carboxylic acids is 1. The smallest absolute Gasteiger partial charge is 0.308 e. The zero-order valence-electron chi connectivity index (χ0n) is 28.8. The maximum atomic E-state index is 12.0. The number of ether oxygens (including phenoxy) is 11. The van der Waals surface area contributed by atoms with Crippen LogP contribution in [0, 0.1) is 5.92 Å². The van der Waals surface area contributed by atoms with E-state index in [0.29, 0.717) is 131 Å². The molecule has 0 aromatic heterocycles. The van der Waals surface area contributed by atoms with Gasteiger partial charge in [0.2, 0.25) is 0 Å². The van der Waals surface area contributed by atoms with E-state index in [-0.39, 0.29) is 18.5 Å². The number of anilines is 1. The molecule has 47 heavy (non-hydrogen) atoms. The first-order valence-electron chi connectivity index (χ1n) is 17.0.